The summed E-state index contributed by atoms with van der Waals surface area (Å²) in [7, 11) is 1.69. The zero-order chi connectivity index (χ0) is 21.8. The van der Waals surface area contributed by atoms with E-state index in [2.05, 4.69) is 35.2 Å². The summed E-state index contributed by atoms with van der Waals surface area (Å²) < 4.78 is 0. The first-order valence-corrected chi connectivity index (χ1v) is 9.55. The van der Waals surface area contributed by atoms with Crippen LogP contribution in [0.15, 0.2) is 105 Å². The van der Waals surface area contributed by atoms with Gasteiger partial charge >= 0.3 is 0 Å². The third-order valence-electron chi connectivity index (χ3n) is 4.11. The van der Waals surface area contributed by atoms with Crippen molar-refractivity contribution in [2.45, 2.75) is 25.8 Å². The predicted octanol–water partition coefficient (Wildman–Crippen LogP) is 5.00. The van der Waals surface area contributed by atoms with Gasteiger partial charge in [0, 0.05) is 30.9 Å². The number of aliphatic hydroxyl groups is 1. The molecule has 154 valence electrons. The minimum absolute atomic E-state index is 0.206. The molecule has 0 aliphatic heterocycles. The molecule has 0 radical (unpaired) electrons. The lowest BCUT2D eigenvalue weighted by Gasteiger charge is -2.26. The normalized spacial score (nSPS) is 18.3. The van der Waals surface area contributed by atoms with Crippen LogP contribution >= 0.6 is 11.6 Å². The van der Waals surface area contributed by atoms with E-state index in [4.69, 9.17) is 17.3 Å². The SMILES string of the molecule is C=C/C(=C(/Cl)C(=C)N)C(NC(/C=C\CC)=NC)C1=C(O)C/C(=C\C=C/N=C)C=C1. The lowest BCUT2D eigenvalue weighted by molar-refractivity contribution is 0.388. The highest BCUT2D eigenvalue weighted by Gasteiger charge is 2.25. The Morgan fingerprint density at radius 3 is 2.69 bits per heavy atom. The lowest BCUT2D eigenvalue weighted by atomic mass is 9.90. The number of hydrogen-bond donors (Lipinski definition) is 3. The number of halogens is 1. The first kappa shape index (κ1) is 24.0. The van der Waals surface area contributed by atoms with Crippen LogP contribution in [0.3, 0.4) is 0 Å². The van der Waals surface area contributed by atoms with Crippen LogP contribution in [0, 0.1) is 0 Å². The van der Waals surface area contributed by atoms with Crippen molar-refractivity contribution in [1.29, 1.82) is 0 Å². The van der Waals surface area contributed by atoms with E-state index in [1.165, 1.54) is 0 Å². The minimum Gasteiger partial charge on any atom is -0.512 e. The maximum atomic E-state index is 10.8. The monoisotopic (exact) mass is 412 g/mol. The van der Waals surface area contributed by atoms with Crippen LogP contribution < -0.4 is 11.1 Å². The zero-order valence-electron chi connectivity index (χ0n) is 17.0. The van der Waals surface area contributed by atoms with Gasteiger partial charge in [-0.15, -0.1) is 0 Å². The van der Waals surface area contributed by atoms with Gasteiger partial charge in [0.1, 0.15) is 11.6 Å². The van der Waals surface area contributed by atoms with Gasteiger partial charge in [0.25, 0.3) is 0 Å². The number of aliphatic hydroxyl groups excluding tert-OH is 1. The Balaban J connectivity index is 3.43. The quantitative estimate of drug-likeness (QED) is 0.283. The second-order valence-electron chi connectivity index (χ2n) is 6.17. The van der Waals surface area contributed by atoms with Gasteiger partial charge in [-0.05, 0) is 36.4 Å². The molecule has 0 amide bonds. The van der Waals surface area contributed by atoms with E-state index in [-0.39, 0.29) is 16.5 Å². The van der Waals surface area contributed by atoms with E-state index in [1.807, 2.05) is 37.3 Å². The molecule has 0 saturated carbocycles. The van der Waals surface area contributed by atoms with Crippen molar-refractivity contribution < 1.29 is 5.11 Å². The Bertz CT molecular complexity index is 854. The molecule has 6 heteroatoms. The Hall–Kier alpha value is -3.05. The molecule has 0 bridgehead atoms. The fraction of sp³-hybridized carbons (Fsp3) is 0.217. The summed E-state index contributed by atoms with van der Waals surface area (Å²) in [5, 5.41) is 14.4. The molecule has 1 rings (SSSR count). The summed E-state index contributed by atoms with van der Waals surface area (Å²) in [6.45, 7) is 13.0. The molecular weight excluding hydrogens is 384 g/mol. The third-order valence-corrected chi connectivity index (χ3v) is 4.57. The van der Waals surface area contributed by atoms with Crippen LogP contribution in [0.1, 0.15) is 19.8 Å². The largest absolute Gasteiger partial charge is 0.512 e. The van der Waals surface area contributed by atoms with Gasteiger partial charge in [0.15, 0.2) is 0 Å². The fourth-order valence-corrected chi connectivity index (χ4v) is 2.85. The van der Waals surface area contributed by atoms with Crippen LogP contribution in [-0.4, -0.2) is 30.7 Å². The van der Waals surface area contributed by atoms with Crippen LogP contribution in [0.25, 0.3) is 0 Å². The minimum atomic E-state index is -0.510. The number of allylic oxidation sites excluding steroid dienone is 6. The number of nitrogens with two attached hydrogens (primary N) is 1. The molecule has 0 saturated heterocycles. The first-order chi connectivity index (χ1) is 13.9. The van der Waals surface area contributed by atoms with Crippen molar-refractivity contribution >= 4 is 24.2 Å². The summed E-state index contributed by atoms with van der Waals surface area (Å²) in [6.07, 6.45) is 15.7. The van der Waals surface area contributed by atoms with E-state index >= 15 is 0 Å². The predicted molar refractivity (Wildman–Crippen MR) is 126 cm³/mol. The van der Waals surface area contributed by atoms with Crippen molar-refractivity contribution in [3.05, 3.63) is 95.1 Å². The van der Waals surface area contributed by atoms with Gasteiger partial charge < -0.3 is 16.2 Å². The number of nitrogens with one attached hydrogen (secondary N) is 1. The van der Waals surface area contributed by atoms with Gasteiger partial charge in [0.05, 0.1) is 11.1 Å². The standard InChI is InChI=1S/C23H29ClN4O/c1-6-8-11-21(27-5)28-23(18(7-2)22(24)16(3)25)19-13-12-17(15-20(19)29)10-9-14-26-4/h7-14,23,29H,2-4,6,15,25H2,1,5H3,(H,27,28)/b11-8-,14-9-,17-10-,22-18-. The van der Waals surface area contributed by atoms with Crippen LogP contribution in [0.4, 0.5) is 0 Å². The van der Waals surface area contributed by atoms with Gasteiger partial charge in [-0.3, -0.25) is 9.98 Å². The molecule has 4 N–H and O–H groups in total. The number of nitrogens with zero attached hydrogens (tertiary/aromatic N) is 2. The number of aliphatic imine (C=N–C) groups is 2. The average Bonchev–Trinajstić information content (AvgIpc) is 2.70. The molecule has 1 unspecified atom stereocenters. The van der Waals surface area contributed by atoms with Gasteiger partial charge in [0.2, 0.25) is 0 Å². The van der Waals surface area contributed by atoms with Crippen molar-refractivity contribution in [3.8, 4) is 0 Å². The van der Waals surface area contributed by atoms with E-state index in [1.54, 1.807) is 25.4 Å². The highest BCUT2D eigenvalue weighted by Crippen LogP contribution is 2.30. The molecule has 29 heavy (non-hydrogen) atoms. The van der Waals surface area contributed by atoms with Crippen LogP contribution in [0.2, 0.25) is 0 Å². The Morgan fingerprint density at radius 2 is 2.17 bits per heavy atom. The van der Waals surface area contributed by atoms with E-state index < -0.39 is 6.04 Å². The molecule has 0 aromatic heterocycles. The number of amidine groups is 1. The van der Waals surface area contributed by atoms with E-state index in [0.29, 0.717) is 23.4 Å². The van der Waals surface area contributed by atoms with E-state index in [9.17, 15) is 5.11 Å². The summed E-state index contributed by atoms with van der Waals surface area (Å²) in [5.74, 6) is 0.843. The van der Waals surface area contributed by atoms with Gasteiger partial charge in [-0.25, -0.2) is 0 Å². The summed E-state index contributed by atoms with van der Waals surface area (Å²) in [4.78, 5) is 7.93. The highest BCUT2D eigenvalue weighted by molar-refractivity contribution is 6.32. The lowest BCUT2D eigenvalue weighted by Crippen LogP contribution is -2.38. The molecule has 0 spiro atoms. The average molecular weight is 413 g/mol. The summed E-state index contributed by atoms with van der Waals surface area (Å²) >= 11 is 6.41. The Kier molecular flexibility index (Phi) is 10.3. The van der Waals surface area contributed by atoms with Crippen molar-refractivity contribution in [2.75, 3.05) is 7.05 Å². The Labute approximate surface area is 178 Å². The number of rotatable bonds is 9. The molecule has 5 nitrogen and oxygen atoms in total. The maximum absolute atomic E-state index is 10.8. The van der Waals surface area contributed by atoms with Crippen molar-refractivity contribution in [3.63, 3.8) is 0 Å². The third kappa shape index (κ3) is 7.12. The Morgan fingerprint density at radius 1 is 1.45 bits per heavy atom. The second-order valence-corrected chi connectivity index (χ2v) is 6.55. The van der Waals surface area contributed by atoms with Crippen molar-refractivity contribution in [2.24, 2.45) is 15.7 Å². The van der Waals surface area contributed by atoms with Crippen LogP contribution in [-0.2, 0) is 0 Å². The molecule has 0 fully saturated rings. The highest BCUT2D eigenvalue weighted by atomic mass is 35.5. The molecule has 0 aromatic carbocycles. The molecule has 0 aromatic rings. The van der Waals surface area contributed by atoms with Crippen molar-refractivity contribution in [1.82, 2.24) is 5.32 Å². The molecule has 1 aliphatic rings. The first-order valence-electron chi connectivity index (χ1n) is 9.17. The number of hydrogen-bond acceptors (Lipinski definition) is 4. The second kappa shape index (κ2) is 12.4. The van der Waals surface area contributed by atoms with Crippen LogP contribution in [0.5, 0.6) is 0 Å². The summed E-state index contributed by atoms with van der Waals surface area (Å²) in [5.41, 5.74) is 8.21. The molecular formula is C23H29ClN4O. The topological polar surface area (TPSA) is 83.0 Å². The van der Waals surface area contributed by atoms with E-state index in [0.717, 1.165) is 12.0 Å². The molecule has 0 heterocycles. The zero-order valence-corrected chi connectivity index (χ0v) is 17.8. The van der Waals surface area contributed by atoms with Gasteiger partial charge in [-0.2, -0.15) is 0 Å². The summed E-state index contributed by atoms with van der Waals surface area (Å²) in [6, 6.07) is -0.510. The fourth-order valence-electron chi connectivity index (χ4n) is 2.66. The molecule has 1 atom stereocenters. The maximum Gasteiger partial charge on any atom is 0.120 e. The smallest absolute Gasteiger partial charge is 0.120 e. The van der Waals surface area contributed by atoms with Gasteiger partial charge in [-0.1, -0.05) is 62.1 Å². The molecule has 1 aliphatic carbocycles.